The molecule has 0 aliphatic heterocycles. The van der Waals surface area contributed by atoms with Gasteiger partial charge in [0.2, 0.25) is 18.0 Å². The van der Waals surface area contributed by atoms with E-state index in [9.17, 15) is 19.7 Å². The van der Waals surface area contributed by atoms with Gasteiger partial charge in [-0.15, -0.1) is 0 Å². The van der Waals surface area contributed by atoms with Gasteiger partial charge in [-0.25, -0.2) is 9.13 Å². The molecule has 1 N–H and O–H groups in total. The summed E-state index contributed by atoms with van der Waals surface area (Å²) in [5.74, 6) is -0.307. The van der Waals surface area contributed by atoms with Crippen LogP contribution in [0.5, 0.6) is 0 Å². The highest BCUT2D eigenvalue weighted by Gasteiger charge is 2.20. The highest BCUT2D eigenvalue weighted by molar-refractivity contribution is 6.00. The van der Waals surface area contributed by atoms with Crippen LogP contribution in [-0.4, -0.2) is 26.2 Å². The molecule has 10 heteroatoms. The number of ketones is 1. The van der Waals surface area contributed by atoms with E-state index in [1.54, 1.807) is 6.20 Å². The molecular formula is C27H22BrN5O4. The third-order valence-corrected chi connectivity index (χ3v) is 5.98. The summed E-state index contributed by atoms with van der Waals surface area (Å²) in [4.78, 5) is 40.4. The van der Waals surface area contributed by atoms with Gasteiger partial charge in [0.1, 0.15) is 0 Å². The predicted molar refractivity (Wildman–Crippen MR) is 135 cm³/mol. The van der Waals surface area contributed by atoms with E-state index in [4.69, 9.17) is 0 Å². The Kier molecular flexibility index (Phi) is 7.69. The molecule has 3 aromatic carbocycles. The van der Waals surface area contributed by atoms with Crippen LogP contribution in [0.1, 0.15) is 16.8 Å². The molecule has 9 nitrogen and oxygen atoms in total. The molecule has 0 fully saturated rings. The topological polar surface area (TPSA) is 111 Å². The first-order chi connectivity index (χ1) is 17.5. The molecule has 0 radical (unpaired) electrons. The zero-order valence-corrected chi connectivity index (χ0v) is 21.2. The summed E-state index contributed by atoms with van der Waals surface area (Å²) in [5, 5.41) is 14.8. The number of Topliss-reactive ketones (excluding diaryl/α,β-unsaturated/α-hetero) is 1. The van der Waals surface area contributed by atoms with Gasteiger partial charge in [0.05, 0.1) is 29.1 Å². The Bertz CT molecular complexity index is 1610. The minimum Gasteiger partial charge on any atom is -1.00 e. The number of halogens is 1. The van der Waals surface area contributed by atoms with Crippen molar-refractivity contribution >= 4 is 45.0 Å². The number of aromatic nitrogens is 3. The van der Waals surface area contributed by atoms with Crippen molar-refractivity contribution in [1.29, 1.82) is 0 Å². The number of carbonyl (C=O) groups excluding carboxylic acids is 2. The van der Waals surface area contributed by atoms with Crippen LogP contribution in [-0.2, 0) is 17.9 Å². The van der Waals surface area contributed by atoms with Gasteiger partial charge in [0, 0.05) is 29.3 Å². The molecule has 0 aliphatic carbocycles. The van der Waals surface area contributed by atoms with Gasteiger partial charge >= 0.3 is 0 Å². The van der Waals surface area contributed by atoms with Crippen molar-refractivity contribution in [3.05, 3.63) is 107 Å². The third-order valence-electron chi connectivity index (χ3n) is 5.98. The fourth-order valence-corrected chi connectivity index (χ4v) is 4.20. The Hall–Kier alpha value is -4.44. The van der Waals surface area contributed by atoms with Crippen molar-refractivity contribution in [3.8, 4) is 0 Å². The van der Waals surface area contributed by atoms with Crippen molar-refractivity contribution in [3.63, 3.8) is 0 Å². The lowest BCUT2D eigenvalue weighted by Gasteiger charge is -2.07. The van der Waals surface area contributed by atoms with E-state index >= 15 is 0 Å². The predicted octanol–water partition coefficient (Wildman–Crippen LogP) is 1.30. The smallest absolute Gasteiger partial charge is 0.269 e. The number of aryl methyl sites for hydroxylation is 1. The number of nitro groups is 1. The van der Waals surface area contributed by atoms with E-state index in [1.807, 2.05) is 70.1 Å². The van der Waals surface area contributed by atoms with E-state index in [2.05, 4.69) is 10.3 Å². The lowest BCUT2D eigenvalue weighted by atomic mass is 10.1. The maximum Gasteiger partial charge on any atom is 0.269 e. The SMILES string of the molecule is O=C(CCn1c[n+](CC(=O)c2ccc([N+](=O)[O-])cc2)c2ccccc21)Nc1cccc2cccnc12.[Br-]. The number of imidazole rings is 1. The fourth-order valence-electron chi connectivity index (χ4n) is 4.20. The lowest BCUT2D eigenvalue weighted by Crippen LogP contribution is -3.00. The van der Waals surface area contributed by atoms with Gasteiger partial charge in [-0.1, -0.05) is 30.3 Å². The van der Waals surface area contributed by atoms with Crippen molar-refractivity contribution in [2.75, 3.05) is 5.32 Å². The van der Waals surface area contributed by atoms with Crippen molar-refractivity contribution in [1.82, 2.24) is 9.55 Å². The zero-order valence-electron chi connectivity index (χ0n) is 19.6. The Morgan fingerprint density at radius 3 is 2.51 bits per heavy atom. The number of carbonyl (C=O) groups is 2. The Morgan fingerprint density at radius 2 is 1.73 bits per heavy atom. The molecule has 5 rings (SSSR count). The van der Waals surface area contributed by atoms with Gasteiger partial charge in [-0.2, -0.15) is 0 Å². The first-order valence-electron chi connectivity index (χ1n) is 11.4. The number of amides is 1. The molecule has 37 heavy (non-hydrogen) atoms. The maximum absolute atomic E-state index is 12.9. The summed E-state index contributed by atoms with van der Waals surface area (Å²) in [6.45, 7) is 0.489. The molecule has 0 aliphatic rings. The molecule has 0 saturated heterocycles. The van der Waals surface area contributed by atoms with Crippen molar-refractivity contribution in [2.24, 2.45) is 0 Å². The number of hydrogen-bond acceptors (Lipinski definition) is 5. The van der Waals surface area contributed by atoms with E-state index in [-0.39, 0.29) is 47.3 Å². The molecule has 2 aromatic heterocycles. The first-order valence-corrected chi connectivity index (χ1v) is 11.4. The minimum absolute atomic E-state index is 0. The number of non-ortho nitro benzene ring substituents is 1. The molecule has 5 aromatic rings. The second kappa shape index (κ2) is 11.1. The van der Waals surface area contributed by atoms with Gasteiger partial charge in [0.25, 0.3) is 5.69 Å². The zero-order chi connectivity index (χ0) is 25.1. The standard InChI is InChI=1S/C27H21N5O4.BrH/c33-25(19-10-12-21(13-11-19)32(35)36)17-31-18-30(23-8-1-2-9-24(23)31)16-14-26(34)29-22-7-3-5-20-6-4-15-28-27(20)22;/h1-13,15,18H,14,16-17H2;1H. The van der Waals surface area contributed by atoms with Crippen LogP contribution in [0, 0.1) is 10.1 Å². The normalized spacial score (nSPS) is 10.7. The van der Waals surface area contributed by atoms with E-state index in [1.165, 1.54) is 24.3 Å². The summed E-state index contributed by atoms with van der Waals surface area (Å²) in [5.41, 5.74) is 3.49. The van der Waals surface area contributed by atoms with Crippen LogP contribution in [0.4, 0.5) is 11.4 Å². The molecule has 2 heterocycles. The number of nitrogens with one attached hydrogen (secondary N) is 1. The number of benzene rings is 3. The second-order valence-electron chi connectivity index (χ2n) is 8.33. The van der Waals surface area contributed by atoms with E-state index in [0.29, 0.717) is 17.8 Å². The van der Waals surface area contributed by atoms with Crippen LogP contribution >= 0.6 is 0 Å². The number of nitrogens with zero attached hydrogens (tertiary/aromatic N) is 4. The molecule has 0 atom stereocenters. The van der Waals surface area contributed by atoms with Gasteiger partial charge in [0.15, 0.2) is 17.6 Å². The fraction of sp³-hybridized carbons (Fsp3) is 0.111. The number of pyridine rings is 1. The summed E-state index contributed by atoms with van der Waals surface area (Å²) in [6, 6.07) is 22.7. The number of fused-ring (bicyclic) bond motifs is 2. The average Bonchev–Trinajstić information content (AvgIpc) is 3.25. The van der Waals surface area contributed by atoms with Crippen LogP contribution in [0.15, 0.2) is 91.4 Å². The number of anilines is 1. The van der Waals surface area contributed by atoms with Gasteiger partial charge in [-0.3, -0.25) is 24.7 Å². The van der Waals surface area contributed by atoms with Crippen LogP contribution in [0.25, 0.3) is 21.9 Å². The monoisotopic (exact) mass is 559 g/mol. The molecule has 0 unspecified atom stereocenters. The van der Waals surface area contributed by atoms with Crippen LogP contribution in [0.3, 0.4) is 0 Å². The number of hydrogen-bond donors (Lipinski definition) is 1. The minimum atomic E-state index is -0.496. The third kappa shape index (κ3) is 5.54. The van der Waals surface area contributed by atoms with Crippen molar-refractivity contribution in [2.45, 2.75) is 19.5 Å². The summed E-state index contributed by atoms with van der Waals surface area (Å²) in [6.07, 6.45) is 3.75. The number of para-hydroxylation sites is 3. The lowest BCUT2D eigenvalue weighted by molar-refractivity contribution is -0.657. The molecule has 0 spiro atoms. The first kappa shape index (κ1) is 25.6. The largest absolute Gasteiger partial charge is 1.00 e. The van der Waals surface area contributed by atoms with Crippen LogP contribution < -0.4 is 26.9 Å². The molecule has 1 amide bonds. The average molecular weight is 560 g/mol. The van der Waals surface area contributed by atoms with Gasteiger partial charge < -0.3 is 22.3 Å². The summed E-state index contributed by atoms with van der Waals surface area (Å²) < 4.78 is 3.77. The second-order valence-corrected chi connectivity index (χ2v) is 8.33. The molecule has 0 bridgehead atoms. The molecular weight excluding hydrogens is 538 g/mol. The Balaban J connectivity index is 0.00000320. The summed E-state index contributed by atoms with van der Waals surface area (Å²) in [7, 11) is 0. The Labute approximate surface area is 222 Å². The number of nitro benzene ring substituents is 1. The highest BCUT2D eigenvalue weighted by atomic mass is 79.9. The van der Waals surface area contributed by atoms with Crippen LogP contribution in [0.2, 0.25) is 0 Å². The highest BCUT2D eigenvalue weighted by Crippen LogP contribution is 2.21. The van der Waals surface area contributed by atoms with E-state index in [0.717, 1.165) is 21.9 Å². The quantitative estimate of drug-likeness (QED) is 0.133. The van der Waals surface area contributed by atoms with Crippen molar-refractivity contribution < 1.29 is 36.1 Å². The summed E-state index contributed by atoms with van der Waals surface area (Å²) >= 11 is 0. The van der Waals surface area contributed by atoms with E-state index < -0.39 is 4.92 Å². The number of rotatable bonds is 8. The molecule has 0 saturated carbocycles. The molecule has 186 valence electrons. The van der Waals surface area contributed by atoms with Gasteiger partial charge in [-0.05, 0) is 36.4 Å². The Morgan fingerprint density at radius 1 is 0.973 bits per heavy atom. The maximum atomic E-state index is 12.9.